The van der Waals surface area contributed by atoms with E-state index < -0.39 is 5.60 Å². The van der Waals surface area contributed by atoms with Gasteiger partial charge in [0.05, 0.1) is 0 Å². The smallest absolute Gasteiger partial charge is 0.410 e. The highest BCUT2D eigenvalue weighted by Gasteiger charge is 2.61. The second kappa shape index (κ2) is 3.47. The van der Waals surface area contributed by atoms with Crippen LogP contribution in [0.25, 0.3) is 0 Å². The maximum Gasteiger partial charge on any atom is 0.410 e. The van der Waals surface area contributed by atoms with Crippen molar-refractivity contribution in [3.8, 4) is 0 Å². The van der Waals surface area contributed by atoms with Gasteiger partial charge in [-0.15, -0.1) is 0 Å². The summed E-state index contributed by atoms with van der Waals surface area (Å²) in [4.78, 5) is 24.7. The average Bonchev–Trinajstić information content (AvgIpc) is 2.07. The largest absolute Gasteiger partial charge is 0.444 e. The van der Waals surface area contributed by atoms with Crippen molar-refractivity contribution in [3.05, 3.63) is 0 Å². The molecule has 2 rings (SSSR count). The minimum Gasteiger partial charge on any atom is -0.444 e. The van der Waals surface area contributed by atoms with Crippen molar-refractivity contribution in [2.24, 2.45) is 5.41 Å². The van der Waals surface area contributed by atoms with E-state index in [4.69, 9.17) is 4.74 Å². The second-order valence-electron chi connectivity index (χ2n) is 6.73. The van der Waals surface area contributed by atoms with Gasteiger partial charge in [-0.25, -0.2) is 4.79 Å². The quantitative estimate of drug-likeness (QED) is 0.660. The maximum absolute atomic E-state index is 12.0. The summed E-state index contributed by atoms with van der Waals surface area (Å²) >= 11 is 0. The van der Waals surface area contributed by atoms with Crippen LogP contribution in [0.15, 0.2) is 0 Å². The second-order valence-corrected chi connectivity index (χ2v) is 6.73. The third-order valence-electron chi connectivity index (χ3n) is 3.74. The highest BCUT2D eigenvalue weighted by molar-refractivity contribution is 5.72. The number of nitrogens with zero attached hydrogens (tertiary/aromatic N) is 1. The van der Waals surface area contributed by atoms with Crippen LogP contribution in [-0.4, -0.2) is 35.0 Å². The molecule has 0 radical (unpaired) electrons. The molecule has 2 aliphatic rings. The first-order valence-corrected chi connectivity index (χ1v) is 6.17. The molecule has 0 aromatic heterocycles. The SMILES string of the molecule is CC1(C=O)CC2(CCN2C(=O)OC(C)(C)C)C1. The first-order chi connectivity index (χ1) is 7.70. The molecule has 1 aliphatic heterocycles. The van der Waals surface area contributed by atoms with E-state index in [1.54, 1.807) is 4.90 Å². The van der Waals surface area contributed by atoms with Gasteiger partial charge in [-0.2, -0.15) is 0 Å². The Balaban J connectivity index is 1.97. The van der Waals surface area contributed by atoms with Crippen LogP contribution in [0.1, 0.15) is 47.0 Å². The molecule has 4 heteroatoms. The van der Waals surface area contributed by atoms with Gasteiger partial charge in [-0.1, -0.05) is 6.92 Å². The minimum absolute atomic E-state index is 0.0853. The Hall–Kier alpha value is -1.06. The van der Waals surface area contributed by atoms with Gasteiger partial charge in [0.25, 0.3) is 0 Å². The summed E-state index contributed by atoms with van der Waals surface area (Å²) in [5, 5.41) is 0. The van der Waals surface area contributed by atoms with Crippen molar-refractivity contribution < 1.29 is 14.3 Å². The summed E-state index contributed by atoms with van der Waals surface area (Å²) in [5.74, 6) is 0. The van der Waals surface area contributed by atoms with Crippen LogP contribution in [0.3, 0.4) is 0 Å². The topological polar surface area (TPSA) is 46.6 Å². The Bertz CT molecular complexity index is 350. The molecular weight excluding hydrogens is 218 g/mol. The number of ether oxygens (including phenoxy) is 1. The number of carbonyl (C=O) groups is 2. The van der Waals surface area contributed by atoms with Crippen LogP contribution in [0, 0.1) is 5.41 Å². The highest BCUT2D eigenvalue weighted by Crippen LogP contribution is 2.56. The first kappa shape index (κ1) is 12.4. The zero-order valence-electron chi connectivity index (χ0n) is 11.1. The Morgan fingerprint density at radius 1 is 1.35 bits per heavy atom. The Labute approximate surface area is 102 Å². The van der Waals surface area contributed by atoms with Gasteiger partial charge in [0.1, 0.15) is 11.9 Å². The Kier molecular flexibility index (Phi) is 2.53. The molecule has 0 N–H and O–H groups in total. The van der Waals surface area contributed by atoms with Crippen molar-refractivity contribution in [1.29, 1.82) is 0 Å². The predicted molar refractivity (Wildman–Crippen MR) is 63.7 cm³/mol. The molecule has 4 nitrogen and oxygen atoms in total. The van der Waals surface area contributed by atoms with Crippen molar-refractivity contribution in [1.82, 2.24) is 4.90 Å². The third kappa shape index (κ3) is 2.05. The van der Waals surface area contributed by atoms with Crippen LogP contribution in [0.5, 0.6) is 0 Å². The minimum atomic E-state index is -0.453. The van der Waals surface area contributed by atoms with Gasteiger partial charge in [0.2, 0.25) is 0 Å². The number of likely N-dealkylation sites (tertiary alicyclic amines) is 1. The number of amides is 1. The molecule has 0 unspecified atom stereocenters. The molecule has 0 bridgehead atoms. The molecule has 1 saturated carbocycles. The lowest BCUT2D eigenvalue weighted by Crippen LogP contribution is -2.71. The van der Waals surface area contributed by atoms with E-state index in [1.807, 2.05) is 27.7 Å². The molecule has 0 aromatic carbocycles. The van der Waals surface area contributed by atoms with Gasteiger partial charge in [-0.3, -0.25) is 0 Å². The lowest BCUT2D eigenvalue weighted by atomic mass is 9.54. The van der Waals surface area contributed by atoms with Crippen molar-refractivity contribution in [2.75, 3.05) is 6.54 Å². The normalized spacial score (nSPS) is 36.1. The molecule has 96 valence electrons. The number of hydrogen-bond acceptors (Lipinski definition) is 3. The van der Waals surface area contributed by atoms with Crippen LogP contribution in [0.2, 0.25) is 0 Å². The van der Waals surface area contributed by atoms with Crippen LogP contribution in [0.4, 0.5) is 4.79 Å². The Morgan fingerprint density at radius 3 is 2.29 bits per heavy atom. The number of rotatable bonds is 1. The molecule has 1 amide bonds. The van der Waals surface area contributed by atoms with Crippen LogP contribution >= 0.6 is 0 Å². The lowest BCUT2D eigenvalue weighted by molar-refractivity contribution is -0.151. The summed E-state index contributed by atoms with van der Waals surface area (Å²) in [6.45, 7) is 8.32. The third-order valence-corrected chi connectivity index (χ3v) is 3.74. The summed E-state index contributed by atoms with van der Waals surface area (Å²) < 4.78 is 5.37. The molecular formula is C13H21NO3. The summed E-state index contributed by atoms with van der Waals surface area (Å²) in [5.41, 5.74) is -0.774. The average molecular weight is 239 g/mol. The van der Waals surface area contributed by atoms with E-state index in [0.717, 1.165) is 32.1 Å². The maximum atomic E-state index is 12.0. The van der Waals surface area contributed by atoms with Gasteiger partial charge >= 0.3 is 6.09 Å². The van der Waals surface area contributed by atoms with Gasteiger partial charge < -0.3 is 14.4 Å². The molecule has 0 atom stereocenters. The van der Waals surface area contributed by atoms with Crippen LogP contribution < -0.4 is 0 Å². The van der Waals surface area contributed by atoms with Gasteiger partial charge in [0, 0.05) is 17.5 Å². The van der Waals surface area contributed by atoms with E-state index in [1.165, 1.54) is 0 Å². The van der Waals surface area contributed by atoms with Crippen LogP contribution in [-0.2, 0) is 9.53 Å². The number of hydrogen-bond donors (Lipinski definition) is 0. The van der Waals surface area contributed by atoms with Gasteiger partial charge in [-0.05, 0) is 40.0 Å². The van der Waals surface area contributed by atoms with Crippen molar-refractivity contribution >= 4 is 12.4 Å². The summed E-state index contributed by atoms with van der Waals surface area (Å²) in [6.07, 6.45) is 3.34. The van der Waals surface area contributed by atoms with Crippen molar-refractivity contribution in [3.63, 3.8) is 0 Å². The fraction of sp³-hybridized carbons (Fsp3) is 0.846. The predicted octanol–water partition coefficient (Wildman–Crippen LogP) is 2.37. The van der Waals surface area contributed by atoms with E-state index in [0.29, 0.717) is 0 Å². The van der Waals surface area contributed by atoms with Crippen molar-refractivity contribution in [2.45, 2.75) is 58.1 Å². The molecule has 17 heavy (non-hydrogen) atoms. The molecule has 1 heterocycles. The zero-order chi connectivity index (χ0) is 12.9. The van der Waals surface area contributed by atoms with E-state index in [9.17, 15) is 9.59 Å². The molecule has 2 fully saturated rings. The molecule has 1 spiro atoms. The van der Waals surface area contributed by atoms with E-state index >= 15 is 0 Å². The number of aldehydes is 1. The summed E-state index contributed by atoms with van der Waals surface area (Å²) in [7, 11) is 0. The first-order valence-electron chi connectivity index (χ1n) is 6.17. The summed E-state index contributed by atoms with van der Waals surface area (Å²) in [6, 6.07) is 0. The molecule has 1 saturated heterocycles. The number of carbonyl (C=O) groups excluding carboxylic acids is 2. The molecule has 1 aliphatic carbocycles. The lowest BCUT2D eigenvalue weighted by Gasteiger charge is -2.63. The fourth-order valence-electron chi connectivity index (χ4n) is 3.04. The monoisotopic (exact) mass is 239 g/mol. The fourth-order valence-corrected chi connectivity index (χ4v) is 3.04. The zero-order valence-corrected chi connectivity index (χ0v) is 11.1. The standard InChI is InChI=1S/C13H21NO3/c1-11(2,3)17-10(16)14-6-5-13(14)7-12(4,8-13)9-15/h9H,5-8H2,1-4H3. The Morgan fingerprint density at radius 2 is 1.94 bits per heavy atom. The molecule has 0 aromatic rings. The highest BCUT2D eigenvalue weighted by atomic mass is 16.6. The van der Waals surface area contributed by atoms with E-state index in [-0.39, 0.29) is 17.0 Å². The van der Waals surface area contributed by atoms with E-state index in [2.05, 4.69) is 0 Å². The van der Waals surface area contributed by atoms with Gasteiger partial charge in [0.15, 0.2) is 0 Å².